The molecule has 1 aliphatic rings. The molecular weight excluding hydrogens is 375 g/mol. The summed E-state index contributed by atoms with van der Waals surface area (Å²) in [7, 11) is 0. The van der Waals surface area contributed by atoms with Gasteiger partial charge in [0.05, 0.1) is 16.6 Å². The molecule has 0 saturated carbocycles. The van der Waals surface area contributed by atoms with Gasteiger partial charge in [-0.25, -0.2) is 0 Å². The SMILES string of the molecule is CC(C)c1noc(C(C)N2CCN(C(=O)c3ccc(Cl)cc3Cl)CC2)n1. The van der Waals surface area contributed by atoms with Gasteiger partial charge in [-0.15, -0.1) is 0 Å². The lowest BCUT2D eigenvalue weighted by Gasteiger charge is -2.36. The minimum Gasteiger partial charge on any atom is -0.338 e. The zero-order chi connectivity index (χ0) is 18.8. The van der Waals surface area contributed by atoms with Crippen molar-refractivity contribution < 1.29 is 9.32 Å². The van der Waals surface area contributed by atoms with E-state index in [9.17, 15) is 4.79 Å². The van der Waals surface area contributed by atoms with Crippen LogP contribution in [0.1, 0.15) is 54.8 Å². The maximum absolute atomic E-state index is 12.7. The molecule has 1 aromatic carbocycles. The van der Waals surface area contributed by atoms with Crippen LogP contribution in [0, 0.1) is 0 Å². The Morgan fingerprint density at radius 3 is 2.42 bits per heavy atom. The van der Waals surface area contributed by atoms with E-state index in [4.69, 9.17) is 27.7 Å². The molecule has 1 saturated heterocycles. The summed E-state index contributed by atoms with van der Waals surface area (Å²) >= 11 is 12.1. The Labute approximate surface area is 163 Å². The van der Waals surface area contributed by atoms with Gasteiger partial charge < -0.3 is 9.42 Å². The number of benzene rings is 1. The number of hydrogen-bond donors (Lipinski definition) is 0. The summed E-state index contributed by atoms with van der Waals surface area (Å²) in [5, 5.41) is 4.93. The number of piperazine rings is 1. The van der Waals surface area contributed by atoms with Crippen molar-refractivity contribution in [2.45, 2.75) is 32.7 Å². The zero-order valence-corrected chi connectivity index (χ0v) is 16.6. The lowest BCUT2D eigenvalue weighted by Crippen LogP contribution is -2.49. The number of carbonyl (C=O) groups excluding carboxylic acids is 1. The number of aromatic nitrogens is 2. The first-order valence-corrected chi connectivity index (χ1v) is 9.44. The third-order valence-electron chi connectivity index (χ3n) is 4.64. The molecule has 0 spiro atoms. The summed E-state index contributed by atoms with van der Waals surface area (Å²) in [5.41, 5.74) is 0.482. The summed E-state index contributed by atoms with van der Waals surface area (Å²) in [5.74, 6) is 1.50. The second-order valence-electron chi connectivity index (χ2n) is 6.77. The first kappa shape index (κ1) is 19.1. The van der Waals surface area contributed by atoms with Crippen molar-refractivity contribution in [1.82, 2.24) is 19.9 Å². The Morgan fingerprint density at radius 2 is 1.85 bits per heavy atom. The Kier molecular flexibility index (Phi) is 5.85. The van der Waals surface area contributed by atoms with E-state index in [0.717, 1.165) is 18.9 Å². The van der Waals surface area contributed by atoms with Gasteiger partial charge in [0.1, 0.15) is 0 Å². The molecule has 1 atom stereocenters. The van der Waals surface area contributed by atoms with E-state index < -0.39 is 0 Å². The molecule has 1 aromatic heterocycles. The summed E-state index contributed by atoms with van der Waals surface area (Å²) in [4.78, 5) is 21.2. The molecule has 1 fully saturated rings. The largest absolute Gasteiger partial charge is 0.338 e. The highest BCUT2D eigenvalue weighted by Gasteiger charge is 2.28. The maximum atomic E-state index is 12.7. The smallest absolute Gasteiger partial charge is 0.255 e. The van der Waals surface area contributed by atoms with Crippen molar-refractivity contribution in [3.05, 3.63) is 45.5 Å². The van der Waals surface area contributed by atoms with Crippen molar-refractivity contribution in [2.24, 2.45) is 0 Å². The fraction of sp³-hybridized carbons (Fsp3) is 0.500. The Hall–Kier alpha value is -1.63. The van der Waals surface area contributed by atoms with Crippen LogP contribution in [-0.2, 0) is 0 Å². The quantitative estimate of drug-likeness (QED) is 0.780. The van der Waals surface area contributed by atoms with Crippen LogP contribution in [0.25, 0.3) is 0 Å². The van der Waals surface area contributed by atoms with Gasteiger partial charge in [-0.2, -0.15) is 4.98 Å². The van der Waals surface area contributed by atoms with Gasteiger partial charge in [0.2, 0.25) is 5.89 Å². The van der Waals surface area contributed by atoms with Crippen molar-refractivity contribution >= 4 is 29.1 Å². The molecule has 0 radical (unpaired) electrons. The molecule has 3 rings (SSSR count). The summed E-state index contributed by atoms with van der Waals surface area (Å²) in [6, 6.07) is 4.97. The zero-order valence-electron chi connectivity index (χ0n) is 15.1. The first-order valence-electron chi connectivity index (χ1n) is 8.68. The van der Waals surface area contributed by atoms with Gasteiger partial charge in [-0.3, -0.25) is 9.69 Å². The van der Waals surface area contributed by atoms with E-state index in [1.807, 2.05) is 25.7 Å². The lowest BCUT2D eigenvalue weighted by molar-refractivity contribution is 0.0552. The van der Waals surface area contributed by atoms with Crippen molar-refractivity contribution in [2.75, 3.05) is 26.2 Å². The minimum absolute atomic E-state index is 0.0198. The highest BCUT2D eigenvalue weighted by atomic mass is 35.5. The van der Waals surface area contributed by atoms with E-state index in [0.29, 0.717) is 34.6 Å². The summed E-state index contributed by atoms with van der Waals surface area (Å²) in [6.07, 6.45) is 0. The van der Waals surface area contributed by atoms with Crippen molar-refractivity contribution in [1.29, 1.82) is 0 Å². The van der Waals surface area contributed by atoms with Crippen LogP contribution in [0.5, 0.6) is 0 Å². The third kappa shape index (κ3) is 4.03. The van der Waals surface area contributed by atoms with E-state index in [1.54, 1.807) is 18.2 Å². The molecule has 26 heavy (non-hydrogen) atoms. The van der Waals surface area contributed by atoms with Crippen LogP contribution < -0.4 is 0 Å². The van der Waals surface area contributed by atoms with Gasteiger partial charge in [-0.1, -0.05) is 42.2 Å². The highest BCUT2D eigenvalue weighted by Crippen LogP contribution is 2.25. The maximum Gasteiger partial charge on any atom is 0.255 e. The normalized spacial score (nSPS) is 16.9. The molecular formula is C18H22Cl2N4O2. The molecule has 2 aromatic rings. The molecule has 8 heteroatoms. The van der Waals surface area contributed by atoms with Gasteiger partial charge in [-0.05, 0) is 25.1 Å². The highest BCUT2D eigenvalue weighted by molar-refractivity contribution is 6.36. The van der Waals surface area contributed by atoms with Gasteiger partial charge in [0, 0.05) is 37.1 Å². The number of amides is 1. The monoisotopic (exact) mass is 396 g/mol. The lowest BCUT2D eigenvalue weighted by atomic mass is 10.1. The topological polar surface area (TPSA) is 62.5 Å². The predicted octanol–water partition coefficient (Wildman–Crippen LogP) is 4.02. The molecule has 6 nitrogen and oxygen atoms in total. The van der Waals surface area contributed by atoms with Crippen LogP contribution >= 0.6 is 23.2 Å². The Morgan fingerprint density at radius 1 is 1.15 bits per heavy atom. The molecule has 0 aliphatic carbocycles. The minimum atomic E-state index is -0.0705. The molecule has 140 valence electrons. The standard InChI is InChI=1S/C18H22Cl2N4O2/c1-11(2)16-21-17(26-22-16)12(3)23-6-8-24(9-7-23)18(25)14-5-4-13(19)10-15(14)20/h4-5,10-12H,6-9H2,1-3H3. The average molecular weight is 397 g/mol. The second kappa shape index (κ2) is 7.94. The molecule has 0 bridgehead atoms. The first-order chi connectivity index (χ1) is 12.4. The summed E-state index contributed by atoms with van der Waals surface area (Å²) < 4.78 is 5.40. The van der Waals surface area contributed by atoms with Crippen LogP contribution in [0.2, 0.25) is 10.0 Å². The average Bonchev–Trinajstić information content (AvgIpc) is 3.11. The summed E-state index contributed by atoms with van der Waals surface area (Å²) in [6.45, 7) is 8.82. The van der Waals surface area contributed by atoms with Crippen LogP contribution in [0.3, 0.4) is 0 Å². The molecule has 1 unspecified atom stereocenters. The number of halogens is 2. The molecule has 0 N–H and O–H groups in total. The van der Waals surface area contributed by atoms with E-state index >= 15 is 0 Å². The fourth-order valence-corrected chi connectivity index (χ4v) is 3.44. The van der Waals surface area contributed by atoms with Crippen molar-refractivity contribution in [3.63, 3.8) is 0 Å². The van der Waals surface area contributed by atoms with Gasteiger partial charge >= 0.3 is 0 Å². The molecule has 1 aliphatic heterocycles. The number of hydrogen-bond acceptors (Lipinski definition) is 5. The van der Waals surface area contributed by atoms with E-state index in [2.05, 4.69) is 15.0 Å². The fourth-order valence-electron chi connectivity index (χ4n) is 2.95. The van der Waals surface area contributed by atoms with E-state index in [1.165, 1.54) is 0 Å². The molecule has 2 heterocycles. The predicted molar refractivity (Wildman–Crippen MR) is 101 cm³/mol. The number of rotatable bonds is 4. The number of carbonyl (C=O) groups is 1. The van der Waals surface area contributed by atoms with Gasteiger partial charge in [0.15, 0.2) is 5.82 Å². The van der Waals surface area contributed by atoms with Crippen LogP contribution in [-0.4, -0.2) is 52.0 Å². The Bertz CT molecular complexity index is 785. The van der Waals surface area contributed by atoms with Crippen LogP contribution in [0.4, 0.5) is 0 Å². The third-order valence-corrected chi connectivity index (χ3v) is 5.19. The Balaban J connectivity index is 1.62. The van der Waals surface area contributed by atoms with Crippen molar-refractivity contribution in [3.8, 4) is 0 Å². The van der Waals surface area contributed by atoms with Gasteiger partial charge in [0.25, 0.3) is 5.91 Å². The second-order valence-corrected chi connectivity index (χ2v) is 7.62. The van der Waals surface area contributed by atoms with E-state index in [-0.39, 0.29) is 17.9 Å². The number of nitrogens with zero attached hydrogens (tertiary/aromatic N) is 4. The van der Waals surface area contributed by atoms with Crippen LogP contribution in [0.15, 0.2) is 22.7 Å². The molecule has 1 amide bonds.